The number of hydrogen-bond acceptors (Lipinski definition) is 13. The zero-order valence-electron chi connectivity index (χ0n) is 44.6. The molecule has 3 aliphatic heterocycles. The number of carbonyl (C=O) groups is 3. The van der Waals surface area contributed by atoms with E-state index in [1.165, 1.54) is 0 Å². The Labute approximate surface area is 446 Å². The molecule has 0 radical (unpaired) electrons. The second-order valence-electron chi connectivity index (χ2n) is 23.3. The van der Waals surface area contributed by atoms with Crippen molar-refractivity contribution in [3.63, 3.8) is 0 Å². The highest BCUT2D eigenvalue weighted by Crippen LogP contribution is 2.55. The number of carbonyl (C=O) groups excluding carboxylic acids is 3. The number of piperazine rings is 1. The summed E-state index contributed by atoms with van der Waals surface area (Å²) in [7, 11) is 0. The third-order valence-corrected chi connectivity index (χ3v) is 17.2. The van der Waals surface area contributed by atoms with Crippen LogP contribution in [0.15, 0.2) is 78.6 Å². The van der Waals surface area contributed by atoms with E-state index in [0.717, 1.165) is 86.2 Å². The number of nitrogens with zero attached hydrogens (tertiary/aromatic N) is 7. The molecule has 2 aromatic carbocycles. The minimum Gasteiger partial charge on any atom is -0.489 e. The molecule has 2 aromatic heterocycles. The predicted octanol–water partition coefficient (Wildman–Crippen LogP) is 7.84. The van der Waals surface area contributed by atoms with Gasteiger partial charge in [-0.25, -0.2) is 9.97 Å². The number of rotatable bonds is 17. The minimum atomic E-state index is -0.785. The number of thiazole rings is 1. The van der Waals surface area contributed by atoms with Crippen LogP contribution in [0, 0.1) is 40.4 Å². The van der Waals surface area contributed by atoms with Gasteiger partial charge in [-0.15, -0.1) is 11.3 Å². The summed E-state index contributed by atoms with van der Waals surface area (Å²) in [4.78, 5) is 60.6. The molecule has 74 heavy (non-hydrogen) atoms. The maximum Gasteiger partial charge on any atom is 0.253 e. The summed E-state index contributed by atoms with van der Waals surface area (Å²) >= 11 is 7.90. The van der Waals surface area contributed by atoms with Crippen LogP contribution >= 0.6 is 22.9 Å². The molecule has 0 bridgehead atoms. The van der Waals surface area contributed by atoms with E-state index in [0.29, 0.717) is 39.9 Å². The van der Waals surface area contributed by atoms with E-state index < -0.39 is 23.6 Å². The second-order valence-corrected chi connectivity index (χ2v) is 24.5. The molecule has 5 heterocycles. The Bertz CT molecular complexity index is 2690. The number of β-amino-alcohol motifs (C(OH)–C–C–N with tert-alkyl or cyclic N) is 1. The predicted molar refractivity (Wildman–Crippen MR) is 292 cm³/mol. The Hall–Kier alpha value is -5.57. The molecule has 1 unspecified atom stereocenters. The number of aryl methyl sites for hydroxylation is 1. The number of nitriles is 1. The van der Waals surface area contributed by atoms with Gasteiger partial charge in [0.25, 0.3) is 5.91 Å². The molecule has 17 heteroatoms. The van der Waals surface area contributed by atoms with Gasteiger partial charge in [0, 0.05) is 93.1 Å². The second kappa shape index (κ2) is 22.3. The number of amides is 3. The Morgan fingerprint density at radius 3 is 2.30 bits per heavy atom. The third kappa shape index (κ3) is 12.1. The number of aliphatic hydroxyl groups excluding tert-OH is 1. The molecule has 3 saturated heterocycles. The van der Waals surface area contributed by atoms with Gasteiger partial charge in [0.05, 0.1) is 50.9 Å². The molecule has 1 aliphatic carbocycles. The van der Waals surface area contributed by atoms with Crippen molar-refractivity contribution in [3.05, 3.63) is 106 Å². The molecule has 4 aliphatic rings. The van der Waals surface area contributed by atoms with E-state index in [2.05, 4.69) is 107 Å². The molecular weight excluding hydrogens is 972 g/mol. The standard InChI is InChI=1S/C57H75ClN10O5S/c1-35(39-11-13-40(14-12-39)49-37(3)61-34-74-49)62-36(2)46-27-43(69)32-68(46)52(72)50(55(4,5)6)63-48(70)33-66-25-23-65(24-26-66)21-19-38-20-22-67(31-38)47-18-16-42(30-60-47)51(71)64-53-56(7,8)54(57(53,9)10)73-44-17-15-41(29-59)45(58)28-44/h11-18,28,30,34-35,38,43,46,50,53-54,62,69H,2,19-27,31-33H2,1,3-10H3,(H,63,70)(H,64,71)/t35-,38?,43+,46-,50+,53?,54?/m0/s1. The molecule has 1 saturated carbocycles. The fraction of sp³-hybridized carbons (Fsp3) is 0.544. The first-order valence-corrected chi connectivity index (χ1v) is 27.4. The quantitative estimate of drug-likeness (QED) is 0.0807. The minimum absolute atomic E-state index is 0.0848. The van der Waals surface area contributed by atoms with Gasteiger partial charge in [0.1, 0.15) is 29.8 Å². The molecule has 15 nitrogen and oxygen atoms in total. The zero-order chi connectivity index (χ0) is 53.3. The van der Waals surface area contributed by atoms with Crippen molar-refractivity contribution in [1.29, 1.82) is 5.26 Å². The van der Waals surface area contributed by atoms with Crippen molar-refractivity contribution >= 4 is 46.5 Å². The van der Waals surface area contributed by atoms with Gasteiger partial charge in [-0.05, 0) is 80.0 Å². The number of pyridine rings is 1. The van der Waals surface area contributed by atoms with E-state index in [1.807, 2.05) is 45.3 Å². The summed E-state index contributed by atoms with van der Waals surface area (Å²) in [6.45, 7) is 29.1. The van der Waals surface area contributed by atoms with Gasteiger partial charge in [-0.2, -0.15) is 5.26 Å². The highest BCUT2D eigenvalue weighted by atomic mass is 35.5. The average molecular weight is 1050 g/mol. The van der Waals surface area contributed by atoms with E-state index in [1.54, 1.807) is 40.6 Å². The monoisotopic (exact) mass is 1050 g/mol. The zero-order valence-corrected chi connectivity index (χ0v) is 46.2. The number of likely N-dealkylation sites (tertiary alicyclic amines) is 1. The first kappa shape index (κ1) is 54.7. The van der Waals surface area contributed by atoms with E-state index in [4.69, 9.17) is 21.3 Å². The fourth-order valence-electron chi connectivity index (χ4n) is 11.9. The molecule has 8 rings (SSSR count). The van der Waals surface area contributed by atoms with Crippen LogP contribution in [-0.2, 0) is 9.59 Å². The number of ether oxygens (including phenoxy) is 1. The van der Waals surface area contributed by atoms with Gasteiger partial charge in [0.2, 0.25) is 11.8 Å². The van der Waals surface area contributed by atoms with Crippen molar-refractivity contribution < 1.29 is 24.2 Å². The number of aliphatic hydroxyl groups is 1. The summed E-state index contributed by atoms with van der Waals surface area (Å²) in [5.41, 5.74) is 5.31. The Morgan fingerprint density at radius 1 is 0.973 bits per heavy atom. The summed E-state index contributed by atoms with van der Waals surface area (Å²) in [6, 6.07) is 17.9. The van der Waals surface area contributed by atoms with Crippen molar-refractivity contribution in [2.24, 2.45) is 22.2 Å². The van der Waals surface area contributed by atoms with Gasteiger partial charge < -0.3 is 40.5 Å². The number of halogens is 1. The van der Waals surface area contributed by atoms with Gasteiger partial charge in [-0.1, -0.05) is 90.9 Å². The topological polar surface area (TPSA) is 179 Å². The van der Waals surface area contributed by atoms with E-state index >= 15 is 0 Å². The smallest absolute Gasteiger partial charge is 0.253 e. The van der Waals surface area contributed by atoms with Crippen molar-refractivity contribution in [3.8, 4) is 22.3 Å². The first-order valence-electron chi connectivity index (χ1n) is 26.1. The summed E-state index contributed by atoms with van der Waals surface area (Å²) in [5, 5.41) is 30.3. The van der Waals surface area contributed by atoms with Crippen LogP contribution in [-0.4, -0.2) is 137 Å². The number of nitrogens with one attached hydrogen (secondary N) is 3. The fourth-order valence-corrected chi connectivity index (χ4v) is 12.9. The summed E-state index contributed by atoms with van der Waals surface area (Å²) in [6.07, 6.45) is 3.28. The van der Waals surface area contributed by atoms with Crippen molar-refractivity contribution in [2.75, 3.05) is 63.8 Å². The molecule has 3 amide bonds. The van der Waals surface area contributed by atoms with Crippen molar-refractivity contribution in [2.45, 2.75) is 118 Å². The van der Waals surface area contributed by atoms with Crippen molar-refractivity contribution in [1.82, 2.24) is 40.6 Å². The Morgan fingerprint density at radius 2 is 1.68 bits per heavy atom. The highest BCUT2D eigenvalue weighted by molar-refractivity contribution is 7.13. The Kier molecular flexibility index (Phi) is 16.5. The lowest BCUT2D eigenvalue weighted by Crippen LogP contribution is -2.74. The van der Waals surface area contributed by atoms with Gasteiger partial charge >= 0.3 is 0 Å². The van der Waals surface area contributed by atoms with Gasteiger partial charge in [-0.3, -0.25) is 19.3 Å². The molecule has 0 spiro atoms. The van der Waals surface area contributed by atoms with E-state index in [-0.39, 0.29) is 59.8 Å². The average Bonchev–Trinajstić information content (AvgIpc) is 4.13. The van der Waals surface area contributed by atoms with Crippen LogP contribution in [0.2, 0.25) is 5.02 Å². The number of hydrogen-bond donors (Lipinski definition) is 4. The lowest BCUT2D eigenvalue weighted by atomic mass is 9.49. The van der Waals surface area contributed by atoms with Crippen LogP contribution in [0.5, 0.6) is 5.75 Å². The highest BCUT2D eigenvalue weighted by Gasteiger charge is 2.64. The van der Waals surface area contributed by atoms with Crippen LogP contribution in [0.1, 0.15) is 108 Å². The lowest BCUT2D eigenvalue weighted by Gasteiger charge is -2.63. The maximum atomic E-state index is 14.4. The molecule has 4 aromatic rings. The number of aromatic nitrogens is 2. The number of anilines is 1. The van der Waals surface area contributed by atoms with Gasteiger partial charge in [0.15, 0.2) is 0 Å². The first-order chi connectivity index (χ1) is 35.0. The SMILES string of the molecule is C=C(N[C@@H](C)c1ccc(-c2scnc2C)cc1)[C@@H]1C[C@@H](O)CN1C(=O)[C@@H](NC(=O)CN1CCN(CCC2CCN(c3ccc(C(=O)NC4C(C)(C)C(Oc5ccc(C#N)c(Cl)c5)C4(C)C)cn3)C2)CC1)C(C)(C)C. The summed E-state index contributed by atoms with van der Waals surface area (Å²) in [5.74, 6) is 1.42. The molecule has 5 atom stereocenters. The summed E-state index contributed by atoms with van der Waals surface area (Å²) < 4.78 is 6.40. The lowest BCUT2D eigenvalue weighted by molar-refractivity contribution is -0.164. The Balaban J connectivity index is 0.756. The largest absolute Gasteiger partial charge is 0.489 e. The maximum absolute atomic E-state index is 14.4. The normalized spacial score (nSPS) is 23.6. The third-order valence-electron chi connectivity index (χ3n) is 15.9. The van der Waals surface area contributed by atoms with Crippen LogP contribution < -0.4 is 25.6 Å². The molecule has 4 N–H and O–H groups in total. The van der Waals surface area contributed by atoms with Crippen LogP contribution in [0.3, 0.4) is 0 Å². The number of benzene rings is 2. The van der Waals surface area contributed by atoms with E-state index in [9.17, 15) is 24.8 Å². The molecular formula is C57H75ClN10O5S. The molecule has 4 fully saturated rings. The van der Waals surface area contributed by atoms with Crippen LogP contribution in [0.4, 0.5) is 5.82 Å². The van der Waals surface area contributed by atoms with Crippen LogP contribution in [0.25, 0.3) is 10.4 Å². The molecule has 396 valence electrons.